The molecule has 3 aromatic rings. The van der Waals surface area contributed by atoms with Gasteiger partial charge in [0.1, 0.15) is 5.75 Å². The lowest BCUT2D eigenvalue weighted by Gasteiger charge is -2.08. The van der Waals surface area contributed by atoms with E-state index in [1.165, 1.54) is 6.07 Å². The maximum Gasteiger partial charge on any atom is 0.255 e. The van der Waals surface area contributed by atoms with Crippen LogP contribution in [-0.2, 0) is 6.54 Å². The molecule has 0 unspecified atom stereocenters. The molecule has 0 fully saturated rings. The minimum Gasteiger partial charge on any atom is -0.507 e. The number of carbonyl (C=O) groups is 1. The van der Waals surface area contributed by atoms with Gasteiger partial charge in [0.2, 0.25) is 0 Å². The van der Waals surface area contributed by atoms with Gasteiger partial charge in [-0.15, -0.1) is 0 Å². The van der Waals surface area contributed by atoms with E-state index in [0.717, 1.165) is 22.8 Å². The predicted molar refractivity (Wildman–Crippen MR) is 90.1 cm³/mol. The van der Waals surface area contributed by atoms with Gasteiger partial charge in [0, 0.05) is 18.4 Å². The van der Waals surface area contributed by atoms with E-state index in [2.05, 4.69) is 15.4 Å². The fraction of sp³-hybridized carbons (Fsp3) is 0.167. The molecule has 0 aliphatic carbocycles. The molecular formula is C18H18N4O2. The quantitative estimate of drug-likeness (QED) is 0.773. The zero-order chi connectivity index (χ0) is 17.1. The van der Waals surface area contributed by atoms with E-state index in [9.17, 15) is 9.90 Å². The first-order chi connectivity index (χ1) is 11.5. The third kappa shape index (κ3) is 3.27. The lowest BCUT2D eigenvalue weighted by molar-refractivity contribution is 0.0948. The molecule has 2 heterocycles. The number of aryl methyl sites for hydroxylation is 2. The van der Waals surface area contributed by atoms with Crippen LogP contribution in [0.5, 0.6) is 5.75 Å². The minimum absolute atomic E-state index is 0.0343. The van der Waals surface area contributed by atoms with Gasteiger partial charge in [-0.05, 0) is 43.7 Å². The highest BCUT2D eigenvalue weighted by atomic mass is 16.3. The molecule has 0 spiro atoms. The van der Waals surface area contributed by atoms with Gasteiger partial charge in [0.05, 0.1) is 11.3 Å². The number of para-hydroxylation sites is 1. The Morgan fingerprint density at radius 3 is 2.62 bits per heavy atom. The van der Waals surface area contributed by atoms with Gasteiger partial charge in [0.15, 0.2) is 5.82 Å². The second kappa shape index (κ2) is 6.54. The molecule has 6 nitrogen and oxygen atoms in total. The highest BCUT2D eigenvalue weighted by Crippen LogP contribution is 2.15. The number of phenols is 1. The Balaban J connectivity index is 1.68. The molecule has 2 N–H and O–H groups in total. The van der Waals surface area contributed by atoms with Crippen molar-refractivity contribution < 1.29 is 9.90 Å². The number of phenolic OH excluding ortho intramolecular Hbond substituents is 1. The number of rotatable bonds is 4. The zero-order valence-electron chi connectivity index (χ0n) is 13.5. The highest BCUT2D eigenvalue weighted by Gasteiger charge is 2.10. The number of hydrogen-bond acceptors (Lipinski definition) is 4. The summed E-state index contributed by atoms with van der Waals surface area (Å²) in [5, 5.41) is 16.8. The first kappa shape index (κ1) is 15.7. The predicted octanol–water partition coefficient (Wildman–Crippen LogP) is 2.52. The highest BCUT2D eigenvalue weighted by molar-refractivity contribution is 5.96. The smallest absolute Gasteiger partial charge is 0.255 e. The molecule has 6 heteroatoms. The minimum atomic E-state index is -0.323. The third-order valence-corrected chi connectivity index (χ3v) is 3.64. The summed E-state index contributed by atoms with van der Waals surface area (Å²) in [6, 6.07) is 12.2. The Morgan fingerprint density at radius 2 is 2.00 bits per heavy atom. The molecule has 122 valence electrons. The third-order valence-electron chi connectivity index (χ3n) is 3.64. The maximum absolute atomic E-state index is 12.1. The lowest BCUT2D eigenvalue weighted by atomic mass is 10.2. The van der Waals surface area contributed by atoms with Gasteiger partial charge in [-0.3, -0.25) is 4.79 Å². The van der Waals surface area contributed by atoms with Crippen molar-refractivity contribution in [1.29, 1.82) is 0 Å². The summed E-state index contributed by atoms with van der Waals surface area (Å²) in [5.41, 5.74) is 3.07. The molecule has 0 saturated carbocycles. The molecule has 0 radical (unpaired) electrons. The van der Waals surface area contributed by atoms with Crippen LogP contribution in [0.4, 0.5) is 0 Å². The van der Waals surface area contributed by atoms with Crippen molar-refractivity contribution in [3.05, 3.63) is 71.2 Å². The fourth-order valence-corrected chi connectivity index (χ4v) is 2.45. The average molecular weight is 322 g/mol. The number of hydrogen-bond donors (Lipinski definition) is 2. The molecule has 2 aromatic heterocycles. The standard InChI is InChI=1S/C18H18N4O2/c1-12-9-13(2)22(21-12)17-8-7-14(10-19-17)11-20-18(24)15-5-3-4-6-16(15)23/h3-10,23H,11H2,1-2H3,(H,20,24). The Labute approximate surface area is 139 Å². The van der Waals surface area contributed by atoms with Crippen LogP contribution in [0.15, 0.2) is 48.7 Å². The van der Waals surface area contributed by atoms with Crippen LogP contribution in [-0.4, -0.2) is 25.8 Å². The van der Waals surface area contributed by atoms with Crippen LogP contribution < -0.4 is 5.32 Å². The van der Waals surface area contributed by atoms with E-state index in [1.54, 1.807) is 29.1 Å². The molecule has 0 bridgehead atoms. The van der Waals surface area contributed by atoms with E-state index in [0.29, 0.717) is 6.54 Å². The number of pyridine rings is 1. The van der Waals surface area contributed by atoms with Crippen LogP contribution in [0, 0.1) is 13.8 Å². The number of nitrogens with one attached hydrogen (secondary N) is 1. The molecule has 0 aliphatic heterocycles. The van der Waals surface area contributed by atoms with Gasteiger partial charge in [-0.25, -0.2) is 9.67 Å². The van der Waals surface area contributed by atoms with Crippen LogP contribution in [0.3, 0.4) is 0 Å². The second-order valence-electron chi connectivity index (χ2n) is 5.56. The second-order valence-corrected chi connectivity index (χ2v) is 5.56. The van der Waals surface area contributed by atoms with Crippen molar-refractivity contribution in [2.24, 2.45) is 0 Å². The van der Waals surface area contributed by atoms with E-state index in [-0.39, 0.29) is 17.2 Å². The summed E-state index contributed by atoms with van der Waals surface area (Å²) in [6.45, 7) is 4.24. The van der Waals surface area contributed by atoms with Crippen LogP contribution in [0.1, 0.15) is 27.3 Å². The Hall–Kier alpha value is -3.15. The molecule has 1 aromatic carbocycles. The number of amides is 1. The lowest BCUT2D eigenvalue weighted by Crippen LogP contribution is -2.23. The van der Waals surface area contributed by atoms with Gasteiger partial charge >= 0.3 is 0 Å². The Morgan fingerprint density at radius 1 is 1.21 bits per heavy atom. The first-order valence-electron chi connectivity index (χ1n) is 7.59. The van der Waals surface area contributed by atoms with Gasteiger partial charge in [-0.2, -0.15) is 5.10 Å². The largest absolute Gasteiger partial charge is 0.507 e. The molecule has 0 saturated heterocycles. The van der Waals surface area contributed by atoms with E-state index in [4.69, 9.17) is 0 Å². The van der Waals surface area contributed by atoms with Gasteiger partial charge in [-0.1, -0.05) is 18.2 Å². The Kier molecular flexibility index (Phi) is 4.29. The van der Waals surface area contributed by atoms with E-state index in [1.807, 2.05) is 32.0 Å². The maximum atomic E-state index is 12.1. The van der Waals surface area contributed by atoms with Gasteiger partial charge < -0.3 is 10.4 Å². The molecule has 0 aliphatic rings. The van der Waals surface area contributed by atoms with Crippen LogP contribution in [0.2, 0.25) is 0 Å². The number of nitrogens with zero attached hydrogens (tertiary/aromatic N) is 3. The van der Waals surface area contributed by atoms with Crippen LogP contribution >= 0.6 is 0 Å². The van der Waals surface area contributed by atoms with Crippen molar-refractivity contribution in [3.8, 4) is 11.6 Å². The number of aromatic nitrogens is 3. The van der Waals surface area contributed by atoms with Crippen molar-refractivity contribution in [2.45, 2.75) is 20.4 Å². The first-order valence-corrected chi connectivity index (χ1v) is 7.59. The average Bonchev–Trinajstić information content (AvgIpc) is 2.92. The van der Waals surface area contributed by atoms with Crippen molar-refractivity contribution in [2.75, 3.05) is 0 Å². The van der Waals surface area contributed by atoms with Crippen LogP contribution in [0.25, 0.3) is 5.82 Å². The summed E-state index contributed by atoms with van der Waals surface area (Å²) in [6.07, 6.45) is 1.71. The molecule has 0 atom stereocenters. The number of carbonyl (C=O) groups excluding carboxylic acids is 1. The summed E-state index contributed by atoms with van der Waals surface area (Å²) in [4.78, 5) is 16.5. The number of aromatic hydroxyl groups is 1. The SMILES string of the molecule is Cc1cc(C)n(-c2ccc(CNC(=O)c3ccccc3O)cn2)n1. The zero-order valence-corrected chi connectivity index (χ0v) is 13.5. The number of benzene rings is 1. The van der Waals surface area contributed by atoms with E-state index < -0.39 is 0 Å². The van der Waals surface area contributed by atoms with Crippen molar-refractivity contribution in [3.63, 3.8) is 0 Å². The molecule has 3 rings (SSSR count). The Bertz CT molecular complexity index is 869. The van der Waals surface area contributed by atoms with E-state index >= 15 is 0 Å². The summed E-state index contributed by atoms with van der Waals surface area (Å²) >= 11 is 0. The monoisotopic (exact) mass is 322 g/mol. The van der Waals surface area contributed by atoms with Crippen molar-refractivity contribution >= 4 is 5.91 Å². The van der Waals surface area contributed by atoms with Gasteiger partial charge in [0.25, 0.3) is 5.91 Å². The topological polar surface area (TPSA) is 80.0 Å². The summed E-state index contributed by atoms with van der Waals surface area (Å²) in [5.74, 6) is 0.375. The molecule has 24 heavy (non-hydrogen) atoms. The normalized spacial score (nSPS) is 10.6. The summed E-state index contributed by atoms with van der Waals surface area (Å²) < 4.78 is 1.78. The van der Waals surface area contributed by atoms with Crippen molar-refractivity contribution in [1.82, 2.24) is 20.1 Å². The molecular weight excluding hydrogens is 304 g/mol. The fourth-order valence-electron chi connectivity index (χ4n) is 2.45. The summed E-state index contributed by atoms with van der Waals surface area (Å²) in [7, 11) is 0. The molecule has 1 amide bonds.